The zero-order chi connectivity index (χ0) is 20.2. The molecule has 1 aromatic carbocycles. The lowest BCUT2D eigenvalue weighted by atomic mass is 10.1. The zero-order valence-corrected chi connectivity index (χ0v) is 18.3. The van der Waals surface area contributed by atoms with Gasteiger partial charge < -0.3 is 5.32 Å². The number of halogens is 2. The van der Waals surface area contributed by atoms with Crippen molar-refractivity contribution in [2.24, 2.45) is 0 Å². The van der Waals surface area contributed by atoms with E-state index in [0.29, 0.717) is 15.7 Å². The van der Waals surface area contributed by atoms with Crippen LogP contribution < -0.4 is 9.88 Å². The van der Waals surface area contributed by atoms with Crippen LogP contribution in [0.4, 0.5) is 5.69 Å². The van der Waals surface area contributed by atoms with Crippen molar-refractivity contribution in [1.82, 2.24) is 4.57 Å². The first kappa shape index (κ1) is 22.8. The Morgan fingerprint density at radius 1 is 1.04 bits per heavy atom. The summed E-state index contributed by atoms with van der Waals surface area (Å²) in [7, 11) is 0. The molecule has 4 nitrogen and oxygen atoms in total. The van der Waals surface area contributed by atoms with Gasteiger partial charge >= 0.3 is 0 Å². The molecule has 2 aromatic rings. The Kier molecular flexibility index (Phi) is 10.4. The lowest BCUT2D eigenvalue weighted by Gasteiger charge is -2.06. The molecule has 6 heteroatoms. The van der Waals surface area contributed by atoms with Crippen LogP contribution >= 0.6 is 23.2 Å². The summed E-state index contributed by atoms with van der Waals surface area (Å²) in [6.45, 7) is 3.50. The van der Waals surface area contributed by atoms with Gasteiger partial charge in [0.1, 0.15) is 12.4 Å². The second kappa shape index (κ2) is 12.8. The van der Waals surface area contributed by atoms with Crippen molar-refractivity contribution in [3.63, 3.8) is 0 Å². The topological polar surface area (TPSA) is 37.9 Å². The third kappa shape index (κ3) is 8.66. The second-order valence-electron chi connectivity index (χ2n) is 7.32. The van der Waals surface area contributed by atoms with Crippen LogP contribution in [-0.2, 0) is 17.9 Å². The molecule has 1 heterocycles. The molecule has 0 aliphatic rings. The average Bonchev–Trinajstić information content (AvgIpc) is 3.10. The van der Waals surface area contributed by atoms with Crippen LogP contribution in [0.1, 0.15) is 64.7 Å². The van der Waals surface area contributed by atoms with E-state index < -0.39 is 0 Å². The van der Waals surface area contributed by atoms with Crippen LogP contribution in [0.25, 0.3) is 0 Å². The van der Waals surface area contributed by atoms with Crippen LogP contribution in [0.3, 0.4) is 0 Å². The molecule has 0 saturated heterocycles. The summed E-state index contributed by atoms with van der Waals surface area (Å²) in [6, 6.07) is 5.04. The number of hydrogen-bond acceptors (Lipinski definition) is 1. The number of benzene rings is 1. The number of aromatic nitrogens is 2. The smallest absolute Gasteiger partial charge is 0.266 e. The minimum atomic E-state index is -0.116. The molecule has 0 unspecified atom stereocenters. The van der Waals surface area contributed by atoms with Gasteiger partial charge in [0.2, 0.25) is 6.33 Å². The van der Waals surface area contributed by atoms with Gasteiger partial charge in [-0.1, -0.05) is 75.1 Å². The molecule has 0 radical (unpaired) electrons. The fourth-order valence-corrected chi connectivity index (χ4v) is 3.67. The Morgan fingerprint density at radius 3 is 2.39 bits per heavy atom. The van der Waals surface area contributed by atoms with Gasteiger partial charge in [-0.3, -0.25) is 4.79 Å². The van der Waals surface area contributed by atoms with E-state index in [4.69, 9.17) is 23.2 Å². The number of nitrogens with one attached hydrogen (secondary N) is 1. The summed E-state index contributed by atoms with van der Waals surface area (Å²) in [5.41, 5.74) is 0.575. The van der Waals surface area contributed by atoms with Gasteiger partial charge in [-0.15, -0.1) is 0 Å². The summed E-state index contributed by atoms with van der Waals surface area (Å²) in [5, 5.41) is 3.81. The molecule has 154 valence electrons. The molecule has 1 N–H and O–H groups in total. The van der Waals surface area contributed by atoms with Gasteiger partial charge in [-0.05, 0) is 31.0 Å². The van der Waals surface area contributed by atoms with E-state index in [0.717, 1.165) is 6.54 Å². The first-order valence-corrected chi connectivity index (χ1v) is 11.1. The lowest BCUT2D eigenvalue weighted by Crippen LogP contribution is -2.38. The number of rotatable bonds is 13. The van der Waals surface area contributed by atoms with Crippen molar-refractivity contribution in [1.29, 1.82) is 0 Å². The highest BCUT2D eigenvalue weighted by Gasteiger charge is 2.11. The number of hydrogen-bond donors (Lipinski definition) is 1. The second-order valence-corrected chi connectivity index (χ2v) is 8.17. The molecule has 0 aliphatic heterocycles. The summed E-state index contributed by atoms with van der Waals surface area (Å²) >= 11 is 12.0. The van der Waals surface area contributed by atoms with Crippen LogP contribution in [0, 0.1) is 0 Å². The first-order valence-electron chi connectivity index (χ1n) is 10.4. The molecule has 0 fully saturated rings. The standard InChI is InChI=1S/C22H31Cl2N3O/c1-2-3-4-5-6-7-8-9-10-13-26-14-15-27(18-26)17-22(28)25-21-12-11-19(23)16-20(21)24/h11-12,14-16,18H,2-10,13,17H2,1H3/p+1. The van der Waals surface area contributed by atoms with Crippen molar-refractivity contribution in [2.75, 3.05) is 5.32 Å². The van der Waals surface area contributed by atoms with Crippen molar-refractivity contribution in [2.45, 2.75) is 77.8 Å². The minimum absolute atomic E-state index is 0.116. The number of carbonyl (C=O) groups excluding carboxylic acids is 1. The number of carbonyl (C=O) groups is 1. The van der Waals surface area contributed by atoms with Gasteiger partial charge in [0.15, 0.2) is 6.54 Å². The molecule has 0 atom stereocenters. The molecule has 28 heavy (non-hydrogen) atoms. The SMILES string of the molecule is CCCCCCCCCCCn1cc[n+](CC(=O)Nc2ccc(Cl)cc2Cl)c1. The van der Waals surface area contributed by atoms with Gasteiger partial charge in [0.25, 0.3) is 5.91 Å². The molecule has 1 amide bonds. The molecule has 0 spiro atoms. The van der Waals surface area contributed by atoms with Gasteiger partial charge in [-0.2, -0.15) is 0 Å². The van der Waals surface area contributed by atoms with E-state index in [1.807, 2.05) is 23.3 Å². The zero-order valence-electron chi connectivity index (χ0n) is 16.8. The molecule has 0 bridgehead atoms. The quantitative estimate of drug-likeness (QED) is 0.299. The number of nitrogens with zero attached hydrogens (tertiary/aromatic N) is 2. The van der Waals surface area contributed by atoms with Crippen LogP contribution in [0.5, 0.6) is 0 Å². The van der Waals surface area contributed by atoms with Crippen molar-refractivity contribution in [3.8, 4) is 0 Å². The first-order chi connectivity index (χ1) is 13.6. The van der Waals surface area contributed by atoms with E-state index in [1.54, 1.807) is 18.2 Å². The molecular formula is C22H32Cl2N3O+. The van der Waals surface area contributed by atoms with Crippen molar-refractivity contribution in [3.05, 3.63) is 47.0 Å². The predicted octanol–water partition coefficient (Wildman–Crippen LogP) is 6.25. The molecule has 0 saturated carbocycles. The maximum absolute atomic E-state index is 12.2. The predicted molar refractivity (Wildman–Crippen MR) is 117 cm³/mol. The largest absolute Gasteiger partial charge is 0.321 e. The van der Waals surface area contributed by atoms with E-state index in [1.165, 1.54) is 57.8 Å². The van der Waals surface area contributed by atoms with E-state index in [-0.39, 0.29) is 12.5 Å². The van der Waals surface area contributed by atoms with Crippen LogP contribution in [0.2, 0.25) is 10.0 Å². The summed E-state index contributed by atoms with van der Waals surface area (Å²) in [4.78, 5) is 12.2. The van der Waals surface area contributed by atoms with Crippen molar-refractivity contribution >= 4 is 34.8 Å². The fraction of sp³-hybridized carbons (Fsp3) is 0.545. The summed E-state index contributed by atoms with van der Waals surface area (Å²) in [5.74, 6) is -0.116. The van der Waals surface area contributed by atoms with Crippen LogP contribution in [0.15, 0.2) is 36.9 Å². The third-order valence-electron chi connectivity index (χ3n) is 4.80. The van der Waals surface area contributed by atoms with Gasteiger partial charge in [-0.25, -0.2) is 9.13 Å². The Balaban J connectivity index is 1.63. The van der Waals surface area contributed by atoms with Gasteiger partial charge in [0, 0.05) is 5.02 Å². The molecule has 1 aromatic heterocycles. The normalized spacial score (nSPS) is 11.0. The lowest BCUT2D eigenvalue weighted by molar-refractivity contribution is -0.683. The number of aryl methyl sites for hydroxylation is 1. The van der Waals surface area contributed by atoms with Crippen LogP contribution in [-0.4, -0.2) is 10.5 Å². The maximum atomic E-state index is 12.2. The van der Waals surface area contributed by atoms with Crippen molar-refractivity contribution < 1.29 is 9.36 Å². The fourth-order valence-electron chi connectivity index (χ4n) is 3.22. The monoisotopic (exact) mass is 424 g/mol. The highest BCUT2D eigenvalue weighted by molar-refractivity contribution is 6.36. The van der Waals surface area contributed by atoms with E-state index in [9.17, 15) is 4.79 Å². The van der Waals surface area contributed by atoms with E-state index >= 15 is 0 Å². The number of imidazole rings is 1. The van der Waals surface area contributed by atoms with E-state index in [2.05, 4.69) is 16.8 Å². The Morgan fingerprint density at radius 2 is 1.71 bits per heavy atom. The Labute approximate surface area is 178 Å². The molecular weight excluding hydrogens is 393 g/mol. The minimum Gasteiger partial charge on any atom is -0.321 e. The number of amides is 1. The van der Waals surface area contributed by atoms with Gasteiger partial charge in [0.05, 0.1) is 17.3 Å². The Hall–Kier alpha value is -1.52. The summed E-state index contributed by atoms with van der Waals surface area (Å²) < 4.78 is 4.02. The molecule has 0 aliphatic carbocycles. The average molecular weight is 425 g/mol. The maximum Gasteiger partial charge on any atom is 0.266 e. The number of unbranched alkanes of at least 4 members (excludes halogenated alkanes) is 8. The summed E-state index contributed by atoms with van der Waals surface area (Å²) in [6.07, 6.45) is 17.9. The Bertz CT molecular complexity index is 730. The molecule has 2 rings (SSSR count). The highest BCUT2D eigenvalue weighted by Crippen LogP contribution is 2.25. The number of anilines is 1. The third-order valence-corrected chi connectivity index (χ3v) is 5.35. The highest BCUT2D eigenvalue weighted by atomic mass is 35.5.